The van der Waals surface area contributed by atoms with Gasteiger partial charge in [-0.05, 0) is 41.3 Å². The summed E-state index contributed by atoms with van der Waals surface area (Å²) in [5.74, 6) is 0.978. The summed E-state index contributed by atoms with van der Waals surface area (Å²) in [6.07, 6.45) is 0. The van der Waals surface area contributed by atoms with Crippen LogP contribution in [0.1, 0.15) is 36.9 Å². The molecule has 1 saturated heterocycles. The standard InChI is InChI=1S/C23H29ClN2O3/c1-17(2)18-3-5-19(6-4-18)22(26-11-13-28-14-12-26)15-25-23(27)16-29-21-9-7-20(24)8-10-21/h3-10,17,22H,11-16H2,1-2H3,(H,25,27). The van der Waals surface area contributed by atoms with E-state index in [2.05, 4.69) is 48.3 Å². The van der Waals surface area contributed by atoms with Crippen LogP contribution in [0.25, 0.3) is 0 Å². The molecule has 1 unspecified atom stereocenters. The fraction of sp³-hybridized carbons (Fsp3) is 0.435. The quantitative estimate of drug-likeness (QED) is 0.705. The molecule has 2 aromatic carbocycles. The number of amides is 1. The van der Waals surface area contributed by atoms with Gasteiger partial charge in [0.25, 0.3) is 5.91 Å². The Bertz CT molecular complexity index is 772. The number of hydrogen-bond donors (Lipinski definition) is 1. The molecule has 1 N–H and O–H groups in total. The molecule has 1 aliphatic heterocycles. The molecule has 5 nitrogen and oxygen atoms in total. The van der Waals surface area contributed by atoms with E-state index in [4.69, 9.17) is 21.1 Å². The second-order valence-corrected chi connectivity index (χ2v) is 7.97. The van der Waals surface area contributed by atoms with E-state index >= 15 is 0 Å². The summed E-state index contributed by atoms with van der Waals surface area (Å²) < 4.78 is 11.0. The first-order chi connectivity index (χ1) is 14.0. The van der Waals surface area contributed by atoms with Crippen molar-refractivity contribution in [2.45, 2.75) is 25.8 Å². The third kappa shape index (κ3) is 6.46. The molecule has 0 bridgehead atoms. The Hall–Kier alpha value is -2.08. The van der Waals surface area contributed by atoms with E-state index in [0.717, 1.165) is 13.1 Å². The molecular formula is C23H29ClN2O3. The maximum absolute atomic E-state index is 12.3. The lowest BCUT2D eigenvalue weighted by molar-refractivity contribution is -0.123. The van der Waals surface area contributed by atoms with Crippen LogP contribution in [-0.2, 0) is 9.53 Å². The predicted octanol–water partition coefficient (Wildman–Crippen LogP) is 4.03. The zero-order chi connectivity index (χ0) is 20.6. The Morgan fingerprint density at radius 1 is 1.07 bits per heavy atom. The van der Waals surface area contributed by atoms with Crippen LogP contribution in [0.3, 0.4) is 0 Å². The van der Waals surface area contributed by atoms with E-state index in [1.54, 1.807) is 24.3 Å². The summed E-state index contributed by atoms with van der Waals surface area (Å²) >= 11 is 5.87. The molecule has 0 radical (unpaired) electrons. The third-order valence-electron chi connectivity index (χ3n) is 5.15. The van der Waals surface area contributed by atoms with Crippen molar-refractivity contribution in [3.05, 3.63) is 64.7 Å². The lowest BCUT2D eigenvalue weighted by atomic mass is 9.98. The molecule has 1 aliphatic rings. The first kappa shape index (κ1) is 21.6. The summed E-state index contributed by atoms with van der Waals surface area (Å²) in [5, 5.41) is 3.66. The minimum atomic E-state index is -0.142. The average Bonchev–Trinajstić information content (AvgIpc) is 2.74. The van der Waals surface area contributed by atoms with E-state index in [1.165, 1.54) is 11.1 Å². The van der Waals surface area contributed by atoms with Crippen LogP contribution in [0.15, 0.2) is 48.5 Å². The Morgan fingerprint density at radius 3 is 2.31 bits per heavy atom. The summed E-state index contributed by atoms with van der Waals surface area (Å²) in [7, 11) is 0. The minimum absolute atomic E-state index is 0.0241. The van der Waals surface area contributed by atoms with Crippen LogP contribution in [0.5, 0.6) is 5.75 Å². The van der Waals surface area contributed by atoms with Crippen LogP contribution in [0.4, 0.5) is 0 Å². The van der Waals surface area contributed by atoms with Gasteiger partial charge in [-0.1, -0.05) is 49.7 Å². The summed E-state index contributed by atoms with van der Waals surface area (Å²) in [5.41, 5.74) is 2.52. The van der Waals surface area contributed by atoms with Gasteiger partial charge < -0.3 is 14.8 Å². The van der Waals surface area contributed by atoms with Crippen molar-refractivity contribution >= 4 is 17.5 Å². The molecule has 3 rings (SSSR count). The lowest BCUT2D eigenvalue weighted by Crippen LogP contribution is -2.44. The van der Waals surface area contributed by atoms with Crippen LogP contribution in [0, 0.1) is 0 Å². The summed E-state index contributed by atoms with van der Waals surface area (Å²) in [4.78, 5) is 14.7. The van der Waals surface area contributed by atoms with E-state index in [1.807, 2.05) is 0 Å². The first-order valence-corrected chi connectivity index (χ1v) is 10.5. The molecule has 1 amide bonds. The number of morpholine rings is 1. The van der Waals surface area contributed by atoms with Crippen molar-refractivity contribution in [3.63, 3.8) is 0 Å². The van der Waals surface area contributed by atoms with Gasteiger partial charge in [0, 0.05) is 24.7 Å². The van der Waals surface area contributed by atoms with Crippen LogP contribution < -0.4 is 10.1 Å². The molecule has 29 heavy (non-hydrogen) atoms. The maximum atomic E-state index is 12.3. The van der Waals surface area contributed by atoms with Gasteiger partial charge in [0.2, 0.25) is 0 Å². The van der Waals surface area contributed by atoms with E-state index < -0.39 is 0 Å². The van der Waals surface area contributed by atoms with Gasteiger partial charge in [0.1, 0.15) is 5.75 Å². The number of carbonyl (C=O) groups excluding carboxylic acids is 1. The Balaban J connectivity index is 1.60. The van der Waals surface area contributed by atoms with Gasteiger partial charge in [-0.2, -0.15) is 0 Å². The van der Waals surface area contributed by atoms with Crippen LogP contribution in [0.2, 0.25) is 5.02 Å². The molecule has 6 heteroatoms. The molecule has 0 saturated carbocycles. The third-order valence-corrected chi connectivity index (χ3v) is 5.40. The van der Waals surface area contributed by atoms with Crippen molar-refractivity contribution in [1.29, 1.82) is 0 Å². The smallest absolute Gasteiger partial charge is 0.258 e. The van der Waals surface area contributed by atoms with E-state index in [9.17, 15) is 4.79 Å². The monoisotopic (exact) mass is 416 g/mol. The molecule has 0 aliphatic carbocycles. The molecule has 1 fully saturated rings. The molecule has 0 spiro atoms. The van der Waals surface area contributed by atoms with Gasteiger partial charge in [-0.3, -0.25) is 9.69 Å². The molecule has 1 heterocycles. The van der Waals surface area contributed by atoms with Gasteiger partial charge >= 0.3 is 0 Å². The number of ether oxygens (including phenoxy) is 2. The summed E-state index contributed by atoms with van der Waals surface area (Å²) in [6, 6.07) is 15.8. The fourth-order valence-corrected chi connectivity index (χ4v) is 3.52. The number of nitrogens with one attached hydrogen (secondary N) is 1. The van der Waals surface area contributed by atoms with Crippen molar-refractivity contribution in [1.82, 2.24) is 10.2 Å². The lowest BCUT2D eigenvalue weighted by Gasteiger charge is -2.35. The van der Waals surface area contributed by atoms with Gasteiger partial charge in [0.15, 0.2) is 6.61 Å². The molecule has 156 valence electrons. The first-order valence-electron chi connectivity index (χ1n) is 10.1. The Kier molecular flexibility index (Phi) is 7.92. The number of nitrogens with zero attached hydrogens (tertiary/aromatic N) is 1. The molecule has 2 aromatic rings. The second kappa shape index (κ2) is 10.6. The topological polar surface area (TPSA) is 50.8 Å². The maximum Gasteiger partial charge on any atom is 0.258 e. The van der Waals surface area contributed by atoms with Crippen molar-refractivity contribution < 1.29 is 14.3 Å². The average molecular weight is 417 g/mol. The molecular weight excluding hydrogens is 388 g/mol. The Morgan fingerprint density at radius 2 is 1.69 bits per heavy atom. The minimum Gasteiger partial charge on any atom is -0.484 e. The SMILES string of the molecule is CC(C)c1ccc(C(CNC(=O)COc2ccc(Cl)cc2)N2CCOCC2)cc1. The van der Waals surface area contributed by atoms with Gasteiger partial charge in [0.05, 0.1) is 19.3 Å². The highest BCUT2D eigenvalue weighted by Crippen LogP contribution is 2.24. The zero-order valence-electron chi connectivity index (χ0n) is 17.1. The van der Waals surface area contributed by atoms with Crippen molar-refractivity contribution in [3.8, 4) is 5.75 Å². The molecule has 0 aromatic heterocycles. The number of rotatable bonds is 8. The van der Waals surface area contributed by atoms with E-state index in [-0.39, 0.29) is 18.6 Å². The van der Waals surface area contributed by atoms with Crippen LogP contribution in [-0.4, -0.2) is 50.3 Å². The molecule has 1 atom stereocenters. The van der Waals surface area contributed by atoms with Crippen molar-refractivity contribution in [2.75, 3.05) is 39.5 Å². The highest BCUT2D eigenvalue weighted by molar-refractivity contribution is 6.30. The van der Waals surface area contributed by atoms with Gasteiger partial charge in [-0.15, -0.1) is 0 Å². The number of hydrogen-bond acceptors (Lipinski definition) is 4. The largest absolute Gasteiger partial charge is 0.484 e. The second-order valence-electron chi connectivity index (χ2n) is 7.53. The van der Waals surface area contributed by atoms with E-state index in [0.29, 0.717) is 36.4 Å². The fourth-order valence-electron chi connectivity index (χ4n) is 3.39. The predicted molar refractivity (Wildman–Crippen MR) is 116 cm³/mol. The van der Waals surface area contributed by atoms with Gasteiger partial charge in [-0.25, -0.2) is 0 Å². The number of carbonyl (C=O) groups is 1. The summed E-state index contributed by atoms with van der Waals surface area (Å²) in [6.45, 7) is 8.03. The van der Waals surface area contributed by atoms with Crippen molar-refractivity contribution in [2.24, 2.45) is 0 Å². The van der Waals surface area contributed by atoms with Crippen LogP contribution >= 0.6 is 11.6 Å². The number of benzene rings is 2. The Labute approximate surface area is 177 Å². The zero-order valence-corrected chi connectivity index (χ0v) is 17.8. The normalized spacial score (nSPS) is 15.9. The highest BCUT2D eigenvalue weighted by atomic mass is 35.5. The number of halogens is 1. The highest BCUT2D eigenvalue weighted by Gasteiger charge is 2.23.